The number of rotatable bonds is 3. The van der Waals surface area contributed by atoms with Gasteiger partial charge in [-0.3, -0.25) is 4.79 Å². The van der Waals surface area contributed by atoms with Gasteiger partial charge in [-0.15, -0.1) is 0 Å². The van der Waals surface area contributed by atoms with Crippen molar-refractivity contribution in [1.29, 1.82) is 0 Å². The first-order valence-corrected chi connectivity index (χ1v) is 10.9. The molecule has 1 aliphatic carbocycles. The van der Waals surface area contributed by atoms with Crippen LogP contribution in [0.5, 0.6) is 0 Å². The fourth-order valence-corrected chi connectivity index (χ4v) is 6.29. The zero-order valence-electron chi connectivity index (χ0n) is 15.1. The minimum atomic E-state index is -4.49. The summed E-state index contributed by atoms with van der Waals surface area (Å²) >= 11 is 5.86. The molecule has 0 aromatic heterocycles. The molecule has 1 saturated carbocycles. The average Bonchev–Trinajstić information content (AvgIpc) is 2.67. The SMILES string of the molecule is O=C1C[C@@H]2CC[C@H]1[C@@H](c1ccc(C(F)(F)F)cc1)N2S(=O)(=O)c1ccc(Cl)cc1. The topological polar surface area (TPSA) is 54.5 Å². The quantitative estimate of drug-likeness (QED) is 0.682. The number of nitrogens with zero attached hydrogens (tertiary/aromatic N) is 1. The molecule has 3 fully saturated rings. The number of alkyl halides is 3. The van der Waals surface area contributed by atoms with Crippen molar-refractivity contribution in [3.05, 3.63) is 64.7 Å². The average molecular weight is 444 g/mol. The van der Waals surface area contributed by atoms with Gasteiger partial charge in [0, 0.05) is 23.4 Å². The summed E-state index contributed by atoms with van der Waals surface area (Å²) in [6, 6.07) is 8.78. The van der Waals surface area contributed by atoms with Crippen molar-refractivity contribution in [1.82, 2.24) is 4.31 Å². The van der Waals surface area contributed by atoms with Gasteiger partial charge in [-0.05, 0) is 54.8 Å². The molecular formula is C20H17ClF3NO3S. The minimum Gasteiger partial charge on any atom is -0.299 e. The molecule has 0 N–H and O–H groups in total. The van der Waals surface area contributed by atoms with Crippen LogP contribution in [-0.2, 0) is 21.0 Å². The minimum absolute atomic E-state index is 0.0406. The zero-order valence-corrected chi connectivity index (χ0v) is 16.6. The second kappa shape index (κ2) is 7.11. The van der Waals surface area contributed by atoms with E-state index in [2.05, 4.69) is 0 Å². The van der Waals surface area contributed by atoms with Crippen LogP contribution in [0, 0.1) is 5.92 Å². The van der Waals surface area contributed by atoms with Gasteiger partial charge in [0.2, 0.25) is 10.0 Å². The molecule has 0 amide bonds. The summed E-state index contributed by atoms with van der Waals surface area (Å²) in [7, 11) is -3.97. The summed E-state index contributed by atoms with van der Waals surface area (Å²) in [5.74, 6) is -0.618. The van der Waals surface area contributed by atoms with E-state index in [0.717, 1.165) is 12.1 Å². The Balaban J connectivity index is 1.79. The molecule has 2 aliphatic heterocycles. The van der Waals surface area contributed by atoms with Crippen LogP contribution in [0.2, 0.25) is 5.02 Å². The first-order chi connectivity index (χ1) is 13.6. The lowest BCUT2D eigenvalue weighted by Crippen LogP contribution is -2.56. The van der Waals surface area contributed by atoms with Gasteiger partial charge >= 0.3 is 6.18 Å². The lowest BCUT2D eigenvalue weighted by atomic mass is 9.73. The van der Waals surface area contributed by atoms with Crippen molar-refractivity contribution in [3.63, 3.8) is 0 Å². The van der Waals surface area contributed by atoms with Gasteiger partial charge < -0.3 is 0 Å². The van der Waals surface area contributed by atoms with Crippen molar-refractivity contribution in [2.75, 3.05) is 0 Å². The largest absolute Gasteiger partial charge is 0.416 e. The van der Waals surface area contributed by atoms with E-state index in [1.54, 1.807) is 0 Å². The van der Waals surface area contributed by atoms with Crippen LogP contribution in [0.3, 0.4) is 0 Å². The van der Waals surface area contributed by atoms with Crippen LogP contribution < -0.4 is 0 Å². The third-order valence-electron chi connectivity index (χ3n) is 5.65. The molecule has 154 valence electrons. The van der Waals surface area contributed by atoms with Gasteiger partial charge in [-0.2, -0.15) is 17.5 Å². The van der Waals surface area contributed by atoms with Crippen LogP contribution in [0.25, 0.3) is 0 Å². The van der Waals surface area contributed by atoms with Gasteiger partial charge in [0.15, 0.2) is 0 Å². The van der Waals surface area contributed by atoms with Crippen molar-refractivity contribution in [3.8, 4) is 0 Å². The lowest BCUT2D eigenvalue weighted by Gasteiger charge is -2.49. The number of hydrogen-bond acceptors (Lipinski definition) is 3. The maximum Gasteiger partial charge on any atom is 0.416 e. The van der Waals surface area contributed by atoms with E-state index in [4.69, 9.17) is 11.6 Å². The molecule has 2 aromatic carbocycles. The van der Waals surface area contributed by atoms with Crippen molar-refractivity contribution >= 4 is 27.4 Å². The van der Waals surface area contributed by atoms with Gasteiger partial charge in [0.25, 0.3) is 0 Å². The fraction of sp³-hybridized carbons (Fsp3) is 0.350. The van der Waals surface area contributed by atoms with Gasteiger partial charge in [0.05, 0.1) is 16.5 Å². The predicted octanol–water partition coefficient (Wildman–Crippen LogP) is 4.84. The Morgan fingerprint density at radius 2 is 1.59 bits per heavy atom. The molecule has 0 unspecified atom stereocenters. The van der Waals surface area contributed by atoms with Crippen LogP contribution >= 0.6 is 11.6 Å². The van der Waals surface area contributed by atoms with Crippen LogP contribution in [-0.4, -0.2) is 24.5 Å². The summed E-state index contributed by atoms with van der Waals surface area (Å²) in [6.07, 6.45) is -3.31. The molecule has 3 aliphatic rings. The first kappa shape index (κ1) is 20.4. The third-order valence-corrected chi connectivity index (χ3v) is 7.85. The highest BCUT2D eigenvalue weighted by Gasteiger charge is 2.52. The van der Waals surface area contributed by atoms with E-state index in [-0.39, 0.29) is 17.1 Å². The molecule has 2 saturated heterocycles. The van der Waals surface area contributed by atoms with Crippen molar-refractivity contribution < 1.29 is 26.4 Å². The number of hydrogen-bond donors (Lipinski definition) is 0. The van der Waals surface area contributed by atoms with Gasteiger partial charge in [-0.1, -0.05) is 23.7 Å². The molecule has 4 nitrogen and oxygen atoms in total. The van der Waals surface area contributed by atoms with E-state index in [1.165, 1.54) is 40.7 Å². The smallest absolute Gasteiger partial charge is 0.299 e. The molecule has 2 bridgehead atoms. The Morgan fingerprint density at radius 3 is 2.14 bits per heavy atom. The number of piperidine rings is 2. The first-order valence-electron chi connectivity index (χ1n) is 9.08. The highest BCUT2D eigenvalue weighted by Crippen LogP contribution is 2.48. The number of carbonyl (C=O) groups excluding carboxylic acids is 1. The van der Waals surface area contributed by atoms with E-state index >= 15 is 0 Å². The highest BCUT2D eigenvalue weighted by molar-refractivity contribution is 7.89. The monoisotopic (exact) mass is 443 g/mol. The van der Waals surface area contributed by atoms with Crippen LogP contribution in [0.15, 0.2) is 53.4 Å². The second-order valence-electron chi connectivity index (χ2n) is 7.36. The molecule has 2 heterocycles. The number of carbonyl (C=O) groups is 1. The summed E-state index contributed by atoms with van der Waals surface area (Å²) in [6.45, 7) is 0. The molecule has 5 rings (SSSR count). The van der Waals surface area contributed by atoms with E-state index in [9.17, 15) is 26.4 Å². The number of sulfonamides is 1. The fourth-order valence-electron chi connectivity index (χ4n) is 4.30. The summed E-state index contributed by atoms with van der Waals surface area (Å²) in [5.41, 5.74) is -0.432. The standard InChI is InChI=1S/C20H17ClF3NO3S/c21-14-5-8-16(9-6-14)29(27,28)25-15-7-10-17(18(26)11-15)19(25)12-1-3-13(4-2-12)20(22,23)24/h1-6,8-9,15,17,19H,7,10-11H2/t15-,17+,19+/m0/s1. The summed E-state index contributed by atoms with van der Waals surface area (Å²) < 4.78 is 66.9. The Kier molecular flexibility index (Phi) is 4.99. The summed E-state index contributed by atoms with van der Waals surface area (Å²) in [4.78, 5) is 12.5. The Bertz CT molecular complexity index is 1040. The number of benzene rings is 2. The lowest BCUT2D eigenvalue weighted by molar-refractivity contribution is -0.138. The molecule has 0 radical (unpaired) electrons. The molecular weight excluding hydrogens is 427 g/mol. The maximum absolute atomic E-state index is 13.4. The molecule has 0 spiro atoms. The van der Waals surface area contributed by atoms with Crippen molar-refractivity contribution in [2.24, 2.45) is 5.92 Å². The predicted molar refractivity (Wildman–Crippen MR) is 101 cm³/mol. The normalized spacial score (nSPS) is 25.4. The highest BCUT2D eigenvalue weighted by atomic mass is 35.5. The molecule has 29 heavy (non-hydrogen) atoms. The Labute approximate surface area is 171 Å². The second-order valence-corrected chi connectivity index (χ2v) is 9.64. The van der Waals surface area contributed by atoms with Crippen molar-refractivity contribution in [2.45, 2.75) is 42.4 Å². The number of ketones is 1. The van der Waals surface area contributed by atoms with Gasteiger partial charge in [-0.25, -0.2) is 8.42 Å². The molecule has 2 aromatic rings. The Hall–Kier alpha value is -1.90. The number of Topliss-reactive ketones (excluding diaryl/α,β-unsaturated/α-hetero) is 1. The van der Waals surface area contributed by atoms with Crippen LogP contribution in [0.4, 0.5) is 13.2 Å². The summed E-state index contributed by atoms with van der Waals surface area (Å²) in [5, 5.41) is 0.388. The number of halogens is 4. The van der Waals surface area contributed by atoms with E-state index in [0.29, 0.717) is 23.4 Å². The Morgan fingerprint density at radius 1 is 0.966 bits per heavy atom. The number of fused-ring (bicyclic) bond motifs is 3. The van der Waals surface area contributed by atoms with Crippen LogP contribution in [0.1, 0.15) is 36.4 Å². The molecule has 3 atom stereocenters. The third kappa shape index (κ3) is 3.58. The molecule has 9 heteroatoms. The van der Waals surface area contributed by atoms with E-state index in [1.807, 2.05) is 0 Å². The van der Waals surface area contributed by atoms with E-state index < -0.39 is 39.8 Å². The maximum atomic E-state index is 13.4. The zero-order chi connectivity index (χ0) is 21.0. The van der Waals surface area contributed by atoms with Gasteiger partial charge in [0.1, 0.15) is 5.78 Å².